The van der Waals surface area contributed by atoms with E-state index in [-0.39, 0.29) is 12.1 Å². The maximum Gasteiger partial charge on any atom is 0.315 e. The number of nitrogens with zero attached hydrogens (tertiary/aromatic N) is 1. The van der Waals surface area contributed by atoms with Crippen molar-refractivity contribution >= 4 is 6.03 Å². The molecule has 1 aliphatic heterocycles. The molecule has 3 rings (SSSR count). The van der Waals surface area contributed by atoms with Crippen LogP contribution in [0.25, 0.3) is 0 Å². The monoisotopic (exact) mass is 305 g/mol. The van der Waals surface area contributed by atoms with Crippen molar-refractivity contribution in [2.75, 3.05) is 26.2 Å². The lowest BCUT2D eigenvalue weighted by Gasteiger charge is -2.30. The fourth-order valence-corrected chi connectivity index (χ4v) is 3.66. The van der Waals surface area contributed by atoms with Crippen LogP contribution in [-0.4, -0.2) is 37.1 Å². The highest BCUT2D eigenvalue weighted by molar-refractivity contribution is 5.74. The zero-order valence-corrected chi connectivity index (χ0v) is 13.4. The van der Waals surface area contributed by atoms with Gasteiger partial charge in [-0.05, 0) is 44.2 Å². The minimum absolute atomic E-state index is 0.0656. The second kappa shape index (κ2) is 7.18. The number of rotatable bonds is 4. The summed E-state index contributed by atoms with van der Waals surface area (Å²) in [7, 11) is 0. The molecule has 0 spiro atoms. The maximum absolute atomic E-state index is 12.1. The van der Waals surface area contributed by atoms with Crippen LogP contribution in [0.4, 0.5) is 4.79 Å². The van der Waals surface area contributed by atoms with Gasteiger partial charge in [-0.1, -0.05) is 6.92 Å². The van der Waals surface area contributed by atoms with Gasteiger partial charge < -0.3 is 20.0 Å². The predicted octanol–water partition coefficient (Wildman–Crippen LogP) is 2.69. The van der Waals surface area contributed by atoms with Crippen molar-refractivity contribution in [3.63, 3.8) is 0 Å². The summed E-state index contributed by atoms with van der Waals surface area (Å²) < 4.78 is 5.46. The van der Waals surface area contributed by atoms with Crippen LogP contribution < -0.4 is 10.6 Å². The Morgan fingerprint density at radius 1 is 1.41 bits per heavy atom. The van der Waals surface area contributed by atoms with Crippen LogP contribution in [0.3, 0.4) is 0 Å². The second-order valence-corrected chi connectivity index (χ2v) is 6.69. The molecule has 0 bridgehead atoms. The normalized spacial score (nSPS) is 25.5. The molecule has 2 aliphatic rings. The summed E-state index contributed by atoms with van der Waals surface area (Å²) in [6.45, 7) is 6.28. The van der Waals surface area contributed by atoms with Crippen LogP contribution in [-0.2, 0) is 6.42 Å². The van der Waals surface area contributed by atoms with Gasteiger partial charge >= 0.3 is 6.03 Å². The maximum atomic E-state index is 12.1. The lowest BCUT2D eigenvalue weighted by Crippen LogP contribution is -2.44. The van der Waals surface area contributed by atoms with Crippen LogP contribution in [0.1, 0.15) is 50.0 Å². The number of hydrogen-bond acceptors (Lipinski definition) is 3. The number of amides is 2. The molecule has 2 unspecified atom stereocenters. The third kappa shape index (κ3) is 3.83. The Morgan fingerprint density at radius 2 is 2.32 bits per heavy atom. The van der Waals surface area contributed by atoms with Gasteiger partial charge in [0, 0.05) is 31.6 Å². The largest absolute Gasteiger partial charge is 0.469 e. The molecule has 1 aliphatic carbocycles. The van der Waals surface area contributed by atoms with E-state index in [0.717, 1.165) is 56.1 Å². The smallest absolute Gasteiger partial charge is 0.315 e. The Bertz CT molecular complexity index is 500. The first kappa shape index (κ1) is 15.4. The first-order chi connectivity index (χ1) is 10.7. The number of carbonyl (C=O) groups is 1. The SMILES string of the molecule is CC1CCCN(CCNC(=O)NC2CCCc3occc32)C1. The number of hydrogen-bond donors (Lipinski definition) is 2. The third-order valence-corrected chi connectivity index (χ3v) is 4.81. The average Bonchev–Trinajstić information content (AvgIpc) is 2.97. The molecule has 2 N–H and O–H groups in total. The van der Waals surface area contributed by atoms with Crippen LogP contribution in [0.15, 0.2) is 16.7 Å². The number of urea groups is 1. The summed E-state index contributed by atoms with van der Waals surface area (Å²) in [5.41, 5.74) is 1.14. The first-order valence-electron chi connectivity index (χ1n) is 8.55. The van der Waals surface area contributed by atoms with Gasteiger partial charge in [-0.3, -0.25) is 0 Å². The molecule has 0 radical (unpaired) electrons. The van der Waals surface area contributed by atoms with E-state index >= 15 is 0 Å². The molecule has 1 saturated heterocycles. The summed E-state index contributed by atoms with van der Waals surface area (Å²) in [5.74, 6) is 1.81. The molecule has 1 fully saturated rings. The molecule has 2 atom stereocenters. The highest BCUT2D eigenvalue weighted by atomic mass is 16.3. The Labute approximate surface area is 132 Å². The van der Waals surface area contributed by atoms with Gasteiger partial charge in [0.1, 0.15) is 5.76 Å². The number of furan rings is 1. The number of fused-ring (bicyclic) bond motifs is 1. The van der Waals surface area contributed by atoms with E-state index in [1.807, 2.05) is 6.07 Å². The Kier molecular flexibility index (Phi) is 5.03. The molecule has 2 amide bonds. The number of likely N-dealkylation sites (tertiary alicyclic amines) is 1. The second-order valence-electron chi connectivity index (χ2n) is 6.69. The van der Waals surface area contributed by atoms with Gasteiger partial charge in [-0.15, -0.1) is 0 Å². The van der Waals surface area contributed by atoms with E-state index in [4.69, 9.17) is 4.42 Å². The minimum Gasteiger partial charge on any atom is -0.469 e. The van der Waals surface area contributed by atoms with E-state index in [1.54, 1.807) is 6.26 Å². The average molecular weight is 305 g/mol. The summed E-state index contributed by atoms with van der Waals surface area (Å²) in [6, 6.07) is 2.01. The van der Waals surface area contributed by atoms with Crippen molar-refractivity contribution in [3.05, 3.63) is 23.7 Å². The molecule has 0 saturated carbocycles. The summed E-state index contributed by atoms with van der Waals surface area (Å²) in [5, 5.41) is 6.07. The van der Waals surface area contributed by atoms with Gasteiger partial charge in [-0.2, -0.15) is 0 Å². The Morgan fingerprint density at radius 3 is 3.18 bits per heavy atom. The predicted molar refractivity (Wildman–Crippen MR) is 85.8 cm³/mol. The fourth-order valence-electron chi connectivity index (χ4n) is 3.66. The number of nitrogens with one attached hydrogen (secondary N) is 2. The highest BCUT2D eigenvalue weighted by Crippen LogP contribution is 2.30. The van der Waals surface area contributed by atoms with Crippen molar-refractivity contribution in [3.8, 4) is 0 Å². The van der Waals surface area contributed by atoms with Crippen LogP contribution >= 0.6 is 0 Å². The van der Waals surface area contributed by atoms with E-state index in [0.29, 0.717) is 6.54 Å². The topological polar surface area (TPSA) is 57.5 Å². The summed E-state index contributed by atoms with van der Waals surface area (Å²) in [4.78, 5) is 14.5. The number of carbonyl (C=O) groups excluding carboxylic acids is 1. The van der Waals surface area contributed by atoms with Crippen molar-refractivity contribution in [2.24, 2.45) is 5.92 Å². The summed E-state index contributed by atoms with van der Waals surface area (Å²) >= 11 is 0. The molecule has 5 heteroatoms. The third-order valence-electron chi connectivity index (χ3n) is 4.81. The van der Waals surface area contributed by atoms with Crippen molar-refractivity contribution in [2.45, 2.75) is 45.1 Å². The Balaban J connectivity index is 1.40. The molecule has 1 aromatic rings. The molecule has 22 heavy (non-hydrogen) atoms. The van der Waals surface area contributed by atoms with Crippen molar-refractivity contribution in [1.82, 2.24) is 15.5 Å². The summed E-state index contributed by atoms with van der Waals surface area (Å²) in [6.07, 6.45) is 7.37. The van der Waals surface area contributed by atoms with Crippen molar-refractivity contribution in [1.29, 1.82) is 0 Å². The quantitative estimate of drug-likeness (QED) is 0.899. The Hall–Kier alpha value is -1.49. The van der Waals surface area contributed by atoms with Crippen LogP contribution in [0.5, 0.6) is 0 Å². The van der Waals surface area contributed by atoms with Gasteiger partial charge in [0.25, 0.3) is 0 Å². The van der Waals surface area contributed by atoms with E-state index in [9.17, 15) is 4.79 Å². The van der Waals surface area contributed by atoms with Gasteiger partial charge in [-0.25, -0.2) is 4.79 Å². The highest BCUT2D eigenvalue weighted by Gasteiger charge is 2.24. The van der Waals surface area contributed by atoms with Gasteiger partial charge in [0.2, 0.25) is 0 Å². The molecule has 2 heterocycles. The van der Waals surface area contributed by atoms with E-state index < -0.39 is 0 Å². The molecule has 122 valence electrons. The molecule has 0 aromatic carbocycles. The minimum atomic E-state index is -0.0656. The van der Waals surface area contributed by atoms with Crippen LogP contribution in [0, 0.1) is 5.92 Å². The molecule has 1 aromatic heterocycles. The molecular formula is C17H27N3O2. The lowest BCUT2D eigenvalue weighted by atomic mass is 9.93. The molecule has 5 nitrogen and oxygen atoms in total. The lowest BCUT2D eigenvalue weighted by molar-refractivity contribution is 0.183. The zero-order chi connectivity index (χ0) is 15.4. The van der Waals surface area contributed by atoms with Gasteiger partial charge in [0.05, 0.1) is 12.3 Å². The van der Waals surface area contributed by atoms with Gasteiger partial charge in [0.15, 0.2) is 0 Å². The van der Waals surface area contributed by atoms with E-state index in [2.05, 4.69) is 22.5 Å². The van der Waals surface area contributed by atoms with Crippen molar-refractivity contribution < 1.29 is 9.21 Å². The number of piperidine rings is 1. The molecular weight excluding hydrogens is 278 g/mol. The fraction of sp³-hybridized carbons (Fsp3) is 0.706. The number of aryl methyl sites for hydroxylation is 1. The van der Waals surface area contributed by atoms with E-state index in [1.165, 1.54) is 12.8 Å². The first-order valence-corrected chi connectivity index (χ1v) is 8.55. The van der Waals surface area contributed by atoms with Crippen LogP contribution in [0.2, 0.25) is 0 Å². The zero-order valence-electron chi connectivity index (χ0n) is 13.4. The standard InChI is InChI=1S/C17H27N3O2/c1-13-4-3-9-20(12-13)10-8-18-17(21)19-15-5-2-6-16-14(15)7-11-22-16/h7,11,13,15H,2-6,8-10,12H2,1H3,(H2,18,19,21).